The molecule has 0 unspecified atom stereocenters. The van der Waals surface area contributed by atoms with Gasteiger partial charge >= 0.3 is 5.97 Å². The second-order valence-corrected chi connectivity index (χ2v) is 4.88. The summed E-state index contributed by atoms with van der Waals surface area (Å²) in [4.78, 5) is 14.9. The van der Waals surface area contributed by atoms with Gasteiger partial charge in [0.25, 0.3) is 0 Å². The Morgan fingerprint density at radius 1 is 1.42 bits per heavy atom. The maximum Gasteiger partial charge on any atom is 0.331 e. The maximum atomic E-state index is 10.7. The van der Waals surface area contributed by atoms with Gasteiger partial charge in [0.1, 0.15) is 0 Å². The summed E-state index contributed by atoms with van der Waals surface area (Å²) < 4.78 is 5.05. The van der Waals surface area contributed by atoms with Gasteiger partial charge in [0.2, 0.25) is 5.89 Å². The molecule has 19 heavy (non-hydrogen) atoms. The number of carboxylic acid groups (broad SMARTS) is 1. The number of hydrogen-bond donors (Lipinski definition) is 1. The van der Waals surface area contributed by atoms with Crippen molar-refractivity contribution in [3.8, 4) is 0 Å². The molecule has 0 amide bonds. The molecular weight excluding hydrogens is 244 g/mol. The Bertz CT molecular complexity index is 426. The summed E-state index contributed by atoms with van der Waals surface area (Å²) in [6.07, 6.45) is 5.98. The van der Waals surface area contributed by atoms with E-state index in [9.17, 15) is 4.79 Å². The van der Waals surface area contributed by atoms with E-state index in [-0.39, 0.29) is 17.9 Å². The van der Waals surface area contributed by atoms with Crippen molar-refractivity contribution in [1.82, 2.24) is 10.1 Å². The lowest BCUT2D eigenvalue weighted by atomic mass is 10.0. The molecule has 1 rings (SSSR count). The van der Waals surface area contributed by atoms with E-state index in [4.69, 9.17) is 9.63 Å². The Morgan fingerprint density at radius 2 is 2.16 bits per heavy atom. The quantitative estimate of drug-likeness (QED) is 0.548. The zero-order valence-corrected chi connectivity index (χ0v) is 11.7. The summed E-state index contributed by atoms with van der Waals surface area (Å²) >= 11 is 0. The molecule has 5 nitrogen and oxygen atoms in total. The van der Waals surface area contributed by atoms with Crippen LogP contribution < -0.4 is 0 Å². The molecule has 0 aliphatic carbocycles. The van der Waals surface area contributed by atoms with Crippen molar-refractivity contribution in [3.05, 3.63) is 23.9 Å². The van der Waals surface area contributed by atoms with Crippen molar-refractivity contribution in [2.75, 3.05) is 0 Å². The molecule has 1 atom stereocenters. The third kappa shape index (κ3) is 5.24. The van der Waals surface area contributed by atoms with Crippen LogP contribution in [-0.4, -0.2) is 21.2 Å². The summed E-state index contributed by atoms with van der Waals surface area (Å²) in [6.45, 7) is 7.69. The number of rotatable bonds is 9. The van der Waals surface area contributed by atoms with Gasteiger partial charge in [0.15, 0.2) is 5.82 Å². The normalized spacial score (nSPS) is 12.3. The Balaban J connectivity index is 2.44. The van der Waals surface area contributed by atoms with Crippen LogP contribution >= 0.6 is 0 Å². The maximum absolute atomic E-state index is 10.7. The molecule has 5 heteroatoms. The number of aliphatic carboxylic acids is 1. The molecule has 0 saturated carbocycles. The van der Waals surface area contributed by atoms with E-state index < -0.39 is 5.97 Å². The number of aromatic nitrogens is 2. The fourth-order valence-corrected chi connectivity index (χ4v) is 1.80. The third-order valence-corrected chi connectivity index (χ3v) is 3.08. The number of unbranched alkanes of at least 4 members (excludes halogenated alkanes) is 3. The summed E-state index contributed by atoms with van der Waals surface area (Å²) in [5.74, 6) is 0.187. The zero-order chi connectivity index (χ0) is 14.3. The average molecular weight is 266 g/mol. The predicted octanol–water partition coefficient (Wildman–Crippen LogP) is 3.33. The second-order valence-electron chi connectivity index (χ2n) is 4.88. The average Bonchev–Trinajstić information content (AvgIpc) is 2.82. The first-order valence-electron chi connectivity index (χ1n) is 6.78. The number of nitrogens with zero attached hydrogens (tertiary/aromatic N) is 2. The third-order valence-electron chi connectivity index (χ3n) is 3.08. The van der Waals surface area contributed by atoms with E-state index in [1.807, 2.05) is 0 Å². The Labute approximate surface area is 113 Å². The molecule has 0 spiro atoms. The van der Waals surface area contributed by atoms with Gasteiger partial charge in [-0.15, -0.1) is 0 Å². The lowest BCUT2D eigenvalue weighted by molar-refractivity contribution is -0.132. The van der Waals surface area contributed by atoms with Crippen molar-refractivity contribution in [1.29, 1.82) is 0 Å². The summed E-state index contributed by atoms with van der Waals surface area (Å²) in [7, 11) is 0. The highest BCUT2D eigenvalue weighted by atomic mass is 16.5. The van der Waals surface area contributed by atoms with Crippen LogP contribution in [0.1, 0.15) is 63.6 Å². The molecule has 0 aliphatic rings. The SMILES string of the molecule is C=C(Cc1nc([C@H](C)CCCCCC)no1)C(=O)O. The van der Waals surface area contributed by atoms with Gasteiger partial charge in [-0.25, -0.2) is 4.79 Å². The van der Waals surface area contributed by atoms with E-state index in [1.165, 1.54) is 19.3 Å². The Hall–Kier alpha value is -1.65. The van der Waals surface area contributed by atoms with Crippen LogP contribution in [0.3, 0.4) is 0 Å². The van der Waals surface area contributed by atoms with Gasteiger partial charge in [-0.3, -0.25) is 0 Å². The van der Waals surface area contributed by atoms with Gasteiger partial charge in [0, 0.05) is 11.5 Å². The molecule has 1 N–H and O–H groups in total. The first kappa shape index (κ1) is 15.4. The molecule has 1 aromatic heterocycles. The fraction of sp³-hybridized carbons (Fsp3) is 0.643. The zero-order valence-electron chi connectivity index (χ0n) is 11.7. The lowest BCUT2D eigenvalue weighted by Gasteiger charge is -2.05. The first-order chi connectivity index (χ1) is 9.04. The van der Waals surface area contributed by atoms with Crippen molar-refractivity contribution in [2.24, 2.45) is 0 Å². The number of carbonyl (C=O) groups is 1. The van der Waals surface area contributed by atoms with Gasteiger partial charge < -0.3 is 9.63 Å². The smallest absolute Gasteiger partial charge is 0.331 e. The van der Waals surface area contributed by atoms with Crippen LogP contribution in [0, 0.1) is 0 Å². The van der Waals surface area contributed by atoms with Crippen LogP contribution in [0.5, 0.6) is 0 Å². The van der Waals surface area contributed by atoms with Gasteiger partial charge in [-0.05, 0) is 6.42 Å². The molecule has 0 radical (unpaired) electrons. The molecule has 1 aromatic rings. The number of hydrogen-bond acceptors (Lipinski definition) is 4. The number of carboxylic acids is 1. The van der Waals surface area contributed by atoms with Gasteiger partial charge in [-0.2, -0.15) is 4.98 Å². The van der Waals surface area contributed by atoms with Gasteiger partial charge in [-0.1, -0.05) is 51.3 Å². The fourth-order valence-electron chi connectivity index (χ4n) is 1.80. The minimum Gasteiger partial charge on any atom is -0.478 e. The molecular formula is C14H22N2O3. The van der Waals surface area contributed by atoms with Crippen LogP contribution in [0.4, 0.5) is 0 Å². The highest BCUT2D eigenvalue weighted by molar-refractivity contribution is 5.86. The largest absolute Gasteiger partial charge is 0.478 e. The van der Waals surface area contributed by atoms with Gasteiger partial charge in [0.05, 0.1) is 6.42 Å². The van der Waals surface area contributed by atoms with Crippen molar-refractivity contribution in [3.63, 3.8) is 0 Å². The molecule has 1 heterocycles. The van der Waals surface area contributed by atoms with E-state index in [0.29, 0.717) is 11.7 Å². The van der Waals surface area contributed by atoms with Crippen LogP contribution in [0.15, 0.2) is 16.7 Å². The first-order valence-corrected chi connectivity index (χ1v) is 6.78. The van der Waals surface area contributed by atoms with Crippen LogP contribution in [0.2, 0.25) is 0 Å². The second kappa shape index (κ2) is 7.71. The predicted molar refractivity (Wildman–Crippen MR) is 72.0 cm³/mol. The van der Waals surface area contributed by atoms with Crippen molar-refractivity contribution < 1.29 is 14.4 Å². The minimum absolute atomic E-state index is 0.0609. The van der Waals surface area contributed by atoms with E-state index in [2.05, 4.69) is 30.6 Å². The van der Waals surface area contributed by atoms with Crippen LogP contribution in [0.25, 0.3) is 0 Å². The molecule has 0 aromatic carbocycles. The highest BCUT2D eigenvalue weighted by Gasteiger charge is 2.15. The minimum atomic E-state index is -1.03. The monoisotopic (exact) mass is 266 g/mol. The summed E-state index contributed by atoms with van der Waals surface area (Å²) in [5.41, 5.74) is 0.0609. The van der Waals surface area contributed by atoms with E-state index >= 15 is 0 Å². The molecule has 0 saturated heterocycles. The van der Waals surface area contributed by atoms with Crippen molar-refractivity contribution in [2.45, 2.75) is 58.3 Å². The molecule has 0 bridgehead atoms. The molecule has 0 aliphatic heterocycles. The van der Waals surface area contributed by atoms with Crippen LogP contribution in [-0.2, 0) is 11.2 Å². The molecule has 106 valence electrons. The Morgan fingerprint density at radius 3 is 2.79 bits per heavy atom. The van der Waals surface area contributed by atoms with E-state index in [1.54, 1.807) is 0 Å². The van der Waals surface area contributed by atoms with Crippen molar-refractivity contribution >= 4 is 5.97 Å². The molecule has 0 fully saturated rings. The lowest BCUT2D eigenvalue weighted by Crippen LogP contribution is -2.03. The standard InChI is InChI=1S/C14H22N2O3/c1-4-5-6-7-8-10(2)13-15-12(19-16-13)9-11(3)14(17)18/h10H,3-9H2,1-2H3,(H,17,18)/t10-/m1/s1. The van der Waals surface area contributed by atoms with E-state index in [0.717, 1.165) is 12.8 Å². The highest BCUT2D eigenvalue weighted by Crippen LogP contribution is 2.20. The Kier molecular flexibility index (Phi) is 6.25. The summed E-state index contributed by atoms with van der Waals surface area (Å²) in [5, 5.41) is 12.6. The summed E-state index contributed by atoms with van der Waals surface area (Å²) in [6, 6.07) is 0. The topological polar surface area (TPSA) is 76.2 Å².